The molecule has 1 amide bonds. The maximum atomic E-state index is 12.0. The number of nitrogens with zero attached hydrogens (tertiary/aromatic N) is 2. The Hall–Kier alpha value is -2.61. The molecule has 0 unspecified atom stereocenters. The van der Waals surface area contributed by atoms with Crippen LogP contribution in [0.15, 0.2) is 47.1 Å². The molecule has 0 saturated heterocycles. The first-order valence-corrected chi connectivity index (χ1v) is 8.36. The van der Waals surface area contributed by atoms with Crippen LogP contribution in [0.5, 0.6) is 11.5 Å². The van der Waals surface area contributed by atoms with Crippen molar-refractivity contribution in [2.45, 2.75) is 0 Å². The van der Waals surface area contributed by atoms with Gasteiger partial charge in [-0.15, -0.1) is 0 Å². The smallest absolute Gasteiger partial charge is 0.326 e. The number of para-hydroxylation sites is 1. The summed E-state index contributed by atoms with van der Waals surface area (Å²) in [6.07, 6.45) is 0. The Morgan fingerprint density at radius 3 is 2.80 bits per heavy atom. The summed E-state index contributed by atoms with van der Waals surface area (Å²) in [6.45, 7) is -0.0527. The molecular formula is C17H15BrN2O5. The number of rotatable bonds is 6. The van der Waals surface area contributed by atoms with Gasteiger partial charge in [-0.2, -0.15) is 0 Å². The van der Waals surface area contributed by atoms with E-state index in [1.54, 1.807) is 12.1 Å². The van der Waals surface area contributed by atoms with Gasteiger partial charge in [0.2, 0.25) is 0 Å². The van der Waals surface area contributed by atoms with Crippen LogP contribution in [0, 0.1) is 0 Å². The lowest BCUT2D eigenvalue weighted by atomic mass is 10.3. The molecule has 3 rings (SSSR count). The van der Waals surface area contributed by atoms with E-state index in [0.29, 0.717) is 21.9 Å². The number of anilines is 1. The lowest BCUT2D eigenvalue weighted by Crippen LogP contribution is -2.43. The minimum atomic E-state index is -0.542. The maximum Gasteiger partial charge on any atom is 0.326 e. The number of hydrogen-bond acceptors (Lipinski definition) is 6. The van der Waals surface area contributed by atoms with Gasteiger partial charge >= 0.3 is 5.97 Å². The Bertz CT molecular complexity index is 769. The van der Waals surface area contributed by atoms with Gasteiger partial charge in [0.05, 0.1) is 0 Å². The average Bonchev–Trinajstić information content (AvgIpc) is 2.62. The van der Waals surface area contributed by atoms with E-state index < -0.39 is 5.97 Å². The Morgan fingerprint density at radius 2 is 2.00 bits per heavy atom. The number of esters is 1. The molecule has 2 heterocycles. The van der Waals surface area contributed by atoms with Crippen molar-refractivity contribution in [3.05, 3.63) is 47.1 Å². The van der Waals surface area contributed by atoms with Crippen LogP contribution < -0.4 is 14.4 Å². The molecule has 0 bridgehead atoms. The lowest BCUT2D eigenvalue weighted by Gasteiger charge is -2.27. The van der Waals surface area contributed by atoms with Crippen molar-refractivity contribution < 1.29 is 23.8 Å². The van der Waals surface area contributed by atoms with Crippen molar-refractivity contribution >= 4 is 33.6 Å². The SMILES string of the molecule is O=C(CN1C(=O)COc2ccc(Br)nc21)OCCOc1ccccc1. The molecule has 0 fully saturated rings. The molecule has 8 heteroatoms. The number of carbonyl (C=O) groups is 2. The molecule has 0 N–H and O–H groups in total. The average molecular weight is 407 g/mol. The van der Waals surface area contributed by atoms with Gasteiger partial charge in [0.15, 0.2) is 18.2 Å². The third kappa shape index (κ3) is 4.48. The monoisotopic (exact) mass is 406 g/mol. The van der Waals surface area contributed by atoms with Crippen LogP contribution >= 0.6 is 15.9 Å². The van der Waals surface area contributed by atoms with Gasteiger partial charge in [-0.25, -0.2) is 4.98 Å². The first-order valence-electron chi connectivity index (χ1n) is 7.56. The number of halogens is 1. The number of hydrogen-bond donors (Lipinski definition) is 0. The Kier molecular flexibility index (Phi) is 5.49. The highest BCUT2D eigenvalue weighted by atomic mass is 79.9. The zero-order valence-corrected chi connectivity index (χ0v) is 14.8. The van der Waals surface area contributed by atoms with E-state index in [0.717, 1.165) is 0 Å². The molecule has 0 radical (unpaired) electrons. The standard InChI is InChI=1S/C17H15BrN2O5/c18-14-7-6-13-17(19-14)20(15(21)11-25-13)10-16(22)24-9-8-23-12-4-2-1-3-5-12/h1-7H,8-11H2. The van der Waals surface area contributed by atoms with Crippen LogP contribution in [0.2, 0.25) is 0 Å². The lowest BCUT2D eigenvalue weighted by molar-refractivity contribution is -0.143. The van der Waals surface area contributed by atoms with Crippen LogP contribution in [-0.2, 0) is 14.3 Å². The topological polar surface area (TPSA) is 78.0 Å². The van der Waals surface area contributed by atoms with Gasteiger partial charge in [0, 0.05) is 0 Å². The molecule has 1 aromatic carbocycles. The molecule has 1 aromatic heterocycles. The van der Waals surface area contributed by atoms with Crippen molar-refractivity contribution in [1.82, 2.24) is 4.98 Å². The zero-order chi connectivity index (χ0) is 17.6. The van der Waals surface area contributed by atoms with Gasteiger partial charge in [-0.05, 0) is 40.2 Å². The Labute approximate surface area is 152 Å². The molecule has 0 aliphatic carbocycles. The van der Waals surface area contributed by atoms with E-state index in [4.69, 9.17) is 14.2 Å². The highest BCUT2D eigenvalue weighted by Crippen LogP contribution is 2.31. The second-order valence-electron chi connectivity index (χ2n) is 5.11. The summed E-state index contributed by atoms with van der Waals surface area (Å²) in [5, 5.41) is 0. The summed E-state index contributed by atoms with van der Waals surface area (Å²) in [5.74, 6) is 0.547. The molecular weight excluding hydrogens is 392 g/mol. The number of ether oxygens (including phenoxy) is 3. The van der Waals surface area contributed by atoms with E-state index >= 15 is 0 Å². The first kappa shape index (κ1) is 17.2. The van der Waals surface area contributed by atoms with Crippen LogP contribution in [0.1, 0.15) is 0 Å². The number of amides is 1. The van der Waals surface area contributed by atoms with Crippen molar-refractivity contribution in [3.8, 4) is 11.5 Å². The van der Waals surface area contributed by atoms with Gasteiger partial charge in [0.25, 0.3) is 5.91 Å². The van der Waals surface area contributed by atoms with Crippen LogP contribution in [0.3, 0.4) is 0 Å². The fourth-order valence-electron chi connectivity index (χ4n) is 2.22. The first-order chi connectivity index (χ1) is 12.1. The van der Waals surface area contributed by atoms with Gasteiger partial charge in [-0.1, -0.05) is 18.2 Å². The molecule has 1 aliphatic heterocycles. The van der Waals surface area contributed by atoms with E-state index in [-0.39, 0.29) is 32.3 Å². The normalized spacial score (nSPS) is 13.0. The van der Waals surface area contributed by atoms with Crippen LogP contribution in [0.25, 0.3) is 0 Å². The second kappa shape index (κ2) is 7.98. The Morgan fingerprint density at radius 1 is 1.20 bits per heavy atom. The van der Waals surface area contributed by atoms with E-state index in [1.165, 1.54) is 4.90 Å². The Balaban J connectivity index is 1.52. The second-order valence-corrected chi connectivity index (χ2v) is 5.92. The van der Waals surface area contributed by atoms with Crippen molar-refractivity contribution in [2.75, 3.05) is 31.3 Å². The van der Waals surface area contributed by atoms with Crippen LogP contribution in [0.4, 0.5) is 5.82 Å². The van der Waals surface area contributed by atoms with E-state index in [2.05, 4.69) is 20.9 Å². The highest BCUT2D eigenvalue weighted by molar-refractivity contribution is 9.10. The van der Waals surface area contributed by atoms with Gasteiger partial charge in [0.1, 0.15) is 30.1 Å². The number of fused-ring (bicyclic) bond motifs is 1. The van der Waals surface area contributed by atoms with Crippen molar-refractivity contribution in [2.24, 2.45) is 0 Å². The summed E-state index contributed by atoms with van der Waals surface area (Å²) in [6, 6.07) is 12.6. The summed E-state index contributed by atoms with van der Waals surface area (Å²) in [5.41, 5.74) is 0. The molecule has 2 aromatic rings. The highest BCUT2D eigenvalue weighted by Gasteiger charge is 2.29. The number of carbonyl (C=O) groups excluding carboxylic acids is 2. The third-order valence-electron chi connectivity index (χ3n) is 3.36. The summed E-state index contributed by atoms with van der Waals surface area (Å²) >= 11 is 3.24. The molecule has 0 atom stereocenters. The minimum Gasteiger partial charge on any atom is -0.490 e. The zero-order valence-electron chi connectivity index (χ0n) is 13.2. The fourth-order valence-corrected chi connectivity index (χ4v) is 2.52. The van der Waals surface area contributed by atoms with Gasteiger partial charge < -0.3 is 14.2 Å². The molecule has 130 valence electrons. The largest absolute Gasteiger partial charge is 0.490 e. The molecule has 25 heavy (non-hydrogen) atoms. The molecule has 0 spiro atoms. The fraction of sp³-hybridized carbons (Fsp3) is 0.235. The number of pyridine rings is 1. The number of benzene rings is 1. The molecule has 7 nitrogen and oxygen atoms in total. The molecule has 1 aliphatic rings. The van der Waals surface area contributed by atoms with Crippen LogP contribution in [-0.4, -0.2) is 43.2 Å². The predicted octanol–water partition coefficient (Wildman–Crippen LogP) is 2.19. The molecule has 0 saturated carbocycles. The summed E-state index contributed by atoms with van der Waals surface area (Å²) in [7, 11) is 0. The maximum absolute atomic E-state index is 12.0. The summed E-state index contributed by atoms with van der Waals surface area (Å²) < 4.78 is 16.4. The minimum absolute atomic E-state index is 0.0883. The van der Waals surface area contributed by atoms with Gasteiger partial charge in [-0.3, -0.25) is 14.5 Å². The van der Waals surface area contributed by atoms with E-state index in [9.17, 15) is 9.59 Å². The van der Waals surface area contributed by atoms with Crippen molar-refractivity contribution in [3.63, 3.8) is 0 Å². The quantitative estimate of drug-likeness (QED) is 0.415. The van der Waals surface area contributed by atoms with E-state index in [1.807, 2.05) is 30.3 Å². The van der Waals surface area contributed by atoms with Crippen molar-refractivity contribution in [1.29, 1.82) is 0 Å². The number of aromatic nitrogens is 1. The third-order valence-corrected chi connectivity index (χ3v) is 3.80. The summed E-state index contributed by atoms with van der Waals surface area (Å²) in [4.78, 5) is 29.5. The predicted molar refractivity (Wildman–Crippen MR) is 92.7 cm³/mol.